The minimum atomic E-state index is 0.681. The van der Waals surface area contributed by atoms with E-state index in [2.05, 4.69) is 17.3 Å². The molecule has 0 unspecified atom stereocenters. The fourth-order valence-electron chi connectivity index (χ4n) is 1.11. The summed E-state index contributed by atoms with van der Waals surface area (Å²) in [7, 11) is 0. The Labute approximate surface area is 72.8 Å². The minimum Gasteiger partial charge on any atom is -0.329 e. The van der Waals surface area contributed by atoms with Crippen LogP contribution in [0.25, 0.3) is 0 Å². The normalized spacial score (nSPS) is 10.5. The summed E-state index contributed by atoms with van der Waals surface area (Å²) in [4.78, 5) is 0. The third kappa shape index (κ3) is 2.32. The highest BCUT2D eigenvalue weighted by atomic mass is 15.3. The second kappa shape index (κ2) is 4.90. The van der Waals surface area contributed by atoms with E-state index in [1.165, 1.54) is 5.69 Å². The fraction of sp³-hybridized carbons (Fsp3) is 0.625. The van der Waals surface area contributed by atoms with Crippen LogP contribution < -0.4 is 11.1 Å². The standard InChI is InChI=1S/C8H16N4/c1-2-12-8(3-5-11-12)7-10-6-4-9/h3,5,10H,2,4,6-7,9H2,1H3. The summed E-state index contributed by atoms with van der Waals surface area (Å²) in [5.74, 6) is 0. The Balaban J connectivity index is 2.39. The molecule has 12 heavy (non-hydrogen) atoms. The van der Waals surface area contributed by atoms with Gasteiger partial charge in [0.1, 0.15) is 0 Å². The summed E-state index contributed by atoms with van der Waals surface area (Å²) < 4.78 is 1.98. The number of aryl methyl sites for hydroxylation is 1. The lowest BCUT2D eigenvalue weighted by atomic mass is 10.4. The quantitative estimate of drug-likeness (QED) is 0.606. The zero-order valence-electron chi connectivity index (χ0n) is 7.45. The lowest BCUT2D eigenvalue weighted by molar-refractivity contribution is 0.584. The van der Waals surface area contributed by atoms with E-state index in [0.29, 0.717) is 6.54 Å². The third-order valence-electron chi connectivity index (χ3n) is 1.73. The van der Waals surface area contributed by atoms with Gasteiger partial charge in [0.2, 0.25) is 0 Å². The van der Waals surface area contributed by atoms with Crippen LogP contribution in [0.4, 0.5) is 0 Å². The van der Waals surface area contributed by atoms with Gasteiger partial charge >= 0.3 is 0 Å². The van der Waals surface area contributed by atoms with E-state index in [1.807, 2.05) is 16.9 Å². The summed E-state index contributed by atoms with van der Waals surface area (Å²) in [6, 6.07) is 2.02. The average Bonchev–Trinajstić information content (AvgIpc) is 2.52. The predicted octanol–water partition coefficient (Wildman–Crippen LogP) is -0.0487. The maximum Gasteiger partial charge on any atom is 0.0521 e. The van der Waals surface area contributed by atoms with Crippen molar-refractivity contribution < 1.29 is 0 Å². The second-order valence-electron chi connectivity index (χ2n) is 2.60. The molecular formula is C8H16N4. The summed E-state index contributed by atoms with van der Waals surface area (Å²) in [5, 5.41) is 7.39. The molecule has 0 aliphatic rings. The molecule has 68 valence electrons. The molecule has 0 atom stereocenters. The molecule has 4 nitrogen and oxygen atoms in total. The average molecular weight is 168 g/mol. The molecular weight excluding hydrogens is 152 g/mol. The highest BCUT2D eigenvalue weighted by Crippen LogP contribution is 1.96. The van der Waals surface area contributed by atoms with Crippen LogP contribution >= 0.6 is 0 Å². The van der Waals surface area contributed by atoms with Crippen molar-refractivity contribution >= 4 is 0 Å². The van der Waals surface area contributed by atoms with Gasteiger partial charge < -0.3 is 11.1 Å². The Bertz CT molecular complexity index is 219. The molecule has 0 aliphatic carbocycles. The van der Waals surface area contributed by atoms with Crippen LogP contribution in [0.15, 0.2) is 12.3 Å². The van der Waals surface area contributed by atoms with Gasteiger partial charge in [-0.3, -0.25) is 4.68 Å². The van der Waals surface area contributed by atoms with Crippen molar-refractivity contribution in [3.8, 4) is 0 Å². The molecule has 0 saturated carbocycles. The van der Waals surface area contributed by atoms with E-state index in [0.717, 1.165) is 19.6 Å². The van der Waals surface area contributed by atoms with Crippen LogP contribution in [-0.2, 0) is 13.1 Å². The van der Waals surface area contributed by atoms with E-state index in [-0.39, 0.29) is 0 Å². The predicted molar refractivity (Wildman–Crippen MR) is 48.7 cm³/mol. The summed E-state index contributed by atoms with van der Waals surface area (Å²) in [5.41, 5.74) is 6.57. The number of rotatable bonds is 5. The van der Waals surface area contributed by atoms with Crippen molar-refractivity contribution in [3.05, 3.63) is 18.0 Å². The van der Waals surface area contributed by atoms with Gasteiger partial charge in [-0.25, -0.2) is 0 Å². The molecule has 4 heteroatoms. The zero-order chi connectivity index (χ0) is 8.81. The van der Waals surface area contributed by atoms with Gasteiger partial charge in [0.05, 0.1) is 5.69 Å². The highest BCUT2D eigenvalue weighted by molar-refractivity contribution is 4.99. The van der Waals surface area contributed by atoms with Gasteiger partial charge in [-0.15, -0.1) is 0 Å². The smallest absolute Gasteiger partial charge is 0.0521 e. The maximum atomic E-state index is 5.35. The fourth-order valence-corrected chi connectivity index (χ4v) is 1.11. The Kier molecular flexibility index (Phi) is 3.76. The molecule has 0 radical (unpaired) electrons. The van der Waals surface area contributed by atoms with Crippen LogP contribution in [0.3, 0.4) is 0 Å². The van der Waals surface area contributed by atoms with E-state index in [1.54, 1.807) is 0 Å². The highest BCUT2D eigenvalue weighted by Gasteiger charge is 1.97. The van der Waals surface area contributed by atoms with E-state index in [4.69, 9.17) is 5.73 Å². The molecule has 0 aromatic carbocycles. The molecule has 1 rings (SSSR count). The maximum absolute atomic E-state index is 5.35. The van der Waals surface area contributed by atoms with Crippen molar-refractivity contribution in [3.63, 3.8) is 0 Å². The molecule has 0 fully saturated rings. The van der Waals surface area contributed by atoms with Gasteiger partial charge in [-0.2, -0.15) is 5.10 Å². The molecule has 0 aliphatic heterocycles. The van der Waals surface area contributed by atoms with Crippen molar-refractivity contribution in [2.24, 2.45) is 5.73 Å². The Morgan fingerprint density at radius 2 is 2.50 bits per heavy atom. The van der Waals surface area contributed by atoms with E-state index in [9.17, 15) is 0 Å². The zero-order valence-corrected chi connectivity index (χ0v) is 7.45. The number of nitrogens with two attached hydrogens (primary N) is 1. The first-order valence-electron chi connectivity index (χ1n) is 4.30. The summed E-state index contributed by atoms with van der Waals surface area (Å²) in [6.07, 6.45) is 1.82. The number of hydrogen-bond donors (Lipinski definition) is 2. The van der Waals surface area contributed by atoms with Crippen molar-refractivity contribution in [1.29, 1.82) is 0 Å². The Morgan fingerprint density at radius 1 is 1.67 bits per heavy atom. The molecule has 0 bridgehead atoms. The molecule has 0 amide bonds. The molecule has 1 aromatic rings. The van der Waals surface area contributed by atoms with Gasteiger partial charge in [0, 0.05) is 32.4 Å². The number of hydrogen-bond acceptors (Lipinski definition) is 3. The third-order valence-corrected chi connectivity index (χ3v) is 1.73. The number of aromatic nitrogens is 2. The van der Waals surface area contributed by atoms with Gasteiger partial charge in [-0.05, 0) is 13.0 Å². The Hall–Kier alpha value is -0.870. The van der Waals surface area contributed by atoms with Crippen LogP contribution in [-0.4, -0.2) is 22.9 Å². The Morgan fingerprint density at radius 3 is 3.17 bits per heavy atom. The first kappa shape index (κ1) is 9.22. The first-order valence-corrected chi connectivity index (χ1v) is 4.30. The van der Waals surface area contributed by atoms with E-state index < -0.39 is 0 Å². The second-order valence-corrected chi connectivity index (χ2v) is 2.60. The van der Waals surface area contributed by atoms with Crippen molar-refractivity contribution in [1.82, 2.24) is 15.1 Å². The van der Waals surface area contributed by atoms with Crippen LogP contribution in [0, 0.1) is 0 Å². The molecule has 0 spiro atoms. The monoisotopic (exact) mass is 168 g/mol. The lowest BCUT2D eigenvalue weighted by Gasteiger charge is -2.04. The minimum absolute atomic E-state index is 0.681. The lowest BCUT2D eigenvalue weighted by Crippen LogP contribution is -2.23. The first-order chi connectivity index (χ1) is 5.88. The van der Waals surface area contributed by atoms with Crippen LogP contribution in [0.1, 0.15) is 12.6 Å². The van der Waals surface area contributed by atoms with Gasteiger partial charge in [0.15, 0.2) is 0 Å². The van der Waals surface area contributed by atoms with Crippen molar-refractivity contribution in [2.45, 2.75) is 20.0 Å². The SMILES string of the molecule is CCn1nccc1CNCCN. The van der Waals surface area contributed by atoms with Crippen molar-refractivity contribution in [2.75, 3.05) is 13.1 Å². The molecule has 1 aromatic heterocycles. The van der Waals surface area contributed by atoms with Crippen LogP contribution in [0.5, 0.6) is 0 Å². The van der Waals surface area contributed by atoms with Gasteiger partial charge in [-0.1, -0.05) is 0 Å². The molecule has 3 N–H and O–H groups in total. The van der Waals surface area contributed by atoms with E-state index >= 15 is 0 Å². The topological polar surface area (TPSA) is 55.9 Å². The molecule has 0 saturated heterocycles. The summed E-state index contributed by atoms with van der Waals surface area (Å²) >= 11 is 0. The summed E-state index contributed by atoms with van der Waals surface area (Å²) in [6.45, 7) is 5.40. The number of nitrogens with one attached hydrogen (secondary N) is 1. The van der Waals surface area contributed by atoms with Gasteiger partial charge in [0.25, 0.3) is 0 Å². The van der Waals surface area contributed by atoms with Crippen LogP contribution in [0.2, 0.25) is 0 Å². The molecule has 1 heterocycles. The number of nitrogens with zero attached hydrogens (tertiary/aromatic N) is 2. The largest absolute Gasteiger partial charge is 0.329 e.